The largest absolute Gasteiger partial charge is 0.377 e. The van der Waals surface area contributed by atoms with Crippen LogP contribution in [0.4, 0.5) is 0 Å². The predicted molar refractivity (Wildman–Crippen MR) is 109 cm³/mol. The summed E-state index contributed by atoms with van der Waals surface area (Å²) in [4.78, 5) is 17.9. The van der Waals surface area contributed by atoms with Gasteiger partial charge < -0.3 is 10.1 Å². The van der Waals surface area contributed by atoms with Gasteiger partial charge in [0.2, 0.25) is 0 Å². The van der Waals surface area contributed by atoms with Gasteiger partial charge in [-0.05, 0) is 30.5 Å². The Labute approximate surface area is 164 Å². The van der Waals surface area contributed by atoms with Gasteiger partial charge in [-0.15, -0.1) is 11.3 Å². The van der Waals surface area contributed by atoms with E-state index in [9.17, 15) is 4.79 Å². The van der Waals surface area contributed by atoms with Gasteiger partial charge in [-0.1, -0.05) is 54.6 Å². The van der Waals surface area contributed by atoms with E-state index in [0.717, 1.165) is 28.2 Å². The van der Waals surface area contributed by atoms with Crippen molar-refractivity contribution in [2.75, 3.05) is 6.61 Å². The SMILES string of the molecule is CCOCc1ccccc1CNC(=O)c1sc(Cc2ccccc2)nc1C. The van der Waals surface area contributed by atoms with Crippen LogP contribution in [0.5, 0.6) is 0 Å². The van der Waals surface area contributed by atoms with Crippen molar-refractivity contribution in [1.82, 2.24) is 10.3 Å². The summed E-state index contributed by atoms with van der Waals surface area (Å²) >= 11 is 1.47. The van der Waals surface area contributed by atoms with Crippen molar-refractivity contribution in [3.05, 3.63) is 86.9 Å². The highest BCUT2D eigenvalue weighted by Gasteiger charge is 2.15. The number of ether oxygens (including phenoxy) is 1. The molecule has 1 N–H and O–H groups in total. The van der Waals surface area contributed by atoms with Crippen molar-refractivity contribution in [1.29, 1.82) is 0 Å². The van der Waals surface area contributed by atoms with Crippen molar-refractivity contribution < 1.29 is 9.53 Å². The van der Waals surface area contributed by atoms with Crippen LogP contribution in [-0.2, 0) is 24.3 Å². The van der Waals surface area contributed by atoms with E-state index in [4.69, 9.17) is 4.74 Å². The molecule has 2 aromatic carbocycles. The molecule has 0 aliphatic carbocycles. The molecule has 1 amide bonds. The second-order valence-corrected chi connectivity index (χ2v) is 7.36. The Morgan fingerprint density at radius 3 is 2.52 bits per heavy atom. The Morgan fingerprint density at radius 1 is 1.07 bits per heavy atom. The maximum absolute atomic E-state index is 12.7. The van der Waals surface area contributed by atoms with Crippen molar-refractivity contribution >= 4 is 17.2 Å². The van der Waals surface area contributed by atoms with Gasteiger partial charge in [0.1, 0.15) is 4.88 Å². The number of rotatable bonds is 8. The van der Waals surface area contributed by atoms with Gasteiger partial charge in [0.05, 0.1) is 17.3 Å². The van der Waals surface area contributed by atoms with E-state index < -0.39 is 0 Å². The number of hydrogen-bond donors (Lipinski definition) is 1. The lowest BCUT2D eigenvalue weighted by Crippen LogP contribution is -2.23. The van der Waals surface area contributed by atoms with Crippen molar-refractivity contribution in [2.45, 2.75) is 33.4 Å². The molecule has 27 heavy (non-hydrogen) atoms. The van der Waals surface area contributed by atoms with Gasteiger partial charge in [-0.2, -0.15) is 0 Å². The fourth-order valence-corrected chi connectivity index (χ4v) is 3.86. The van der Waals surface area contributed by atoms with Crippen LogP contribution in [0.2, 0.25) is 0 Å². The fourth-order valence-electron chi connectivity index (χ4n) is 2.85. The Morgan fingerprint density at radius 2 is 1.78 bits per heavy atom. The molecule has 0 aliphatic rings. The van der Waals surface area contributed by atoms with Crippen molar-refractivity contribution in [3.8, 4) is 0 Å². The van der Waals surface area contributed by atoms with E-state index >= 15 is 0 Å². The molecule has 0 bridgehead atoms. The average Bonchev–Trinajstić information content (AvgIpc) is 3.06. The molecule has 3 rings (SSSR count). The minimum atomic E-state index is -0.0736. The molecule has 140 valence electrons. The lowest BCUT2D eigenvalue weighted by atomic mass is 10.1. The smallest absolute Gasteiger partial charge is 0.263 e. The summed E-state index contributed by atoms with van der Waals surface area (Å²) in [5, 5.41) is 3.98. The predicted octanol–water partition coefficient (Wildman–Crippen LogP) is 4.51. The van der Waals surface area contributed by atoms with Crippen molar-refractivity contribution in [3.63, 3.8) is 0 Å². The number of aromatic nitrogens is 1. The first-order valence-electron chi connectivity index (χ1n) is 9.10. The van der Waals surface area contributed by atoms with Gasteiger partial charge in [-0.3, -0.25) is 4.79 Å². The average molecular weight is 381 g/mol. The third kappa shape index (κ3) is 5.25. The first-order valence-corrected chi connectivity index (χ1v) is 9.92. The third-order valence-electron chi connectivity index (χ3n) is 4.26. The van der Waals surface area contributed by atoms with Crippen LogP contribution in [0.3, 0.4) is 0 Å². The molecule has 0 spiro atoms. The molecular weight excluding hydrogens is 356 g/mol. The summed E-state index contributed by atoms with van der Waals surface area (Å²) in [5.74, 6) is -0.0736. The molecular formula is C22H24N2O2S. The number of nitrogens with one attached hydrogen (secondary N) is 1. The monoisotopic (exact) mass is 380 g/mol. The van der Waals surface area contributed by atoms with Crippen LogP contribution in [0, 0.1) is 6.92 Å². The van der Waals surface area contributed by atoms with Gasteiger partial charge >= 0.3 is 0 Å². The number of carbonyl (C=O) groups excluding carboxylic acids is 1. The van der Waals surface area contributed by atoms with E-state index in [1.54, 1.807) is 0 Å². The van der Waals surface area contributed by atoms with Crippen LogP contribution in [-0.4, -0.2) is 17.5 Å². The lowest BCUT2D eigenvalue weighted by Gasteiger charge is -2.10. The third-order valence-corrected chi connectivity index (χ3v) is 5.42. The fraction of sp³-hybridized carbons (Fsp3) is 0.273. The molecule has 3 aromatic rings. The number of benzene rings is 2. The van der Waals surface area contributed by atoms with Crippen LogP contribution < -0.4 is 5.32 Å². The van der Waals surface area contributed by atoms with E-state index in [0.29, 0.717) is 24.6 Å². The zero-order chi connectivity index (χ0) is 19.1. The molecule has 1 aromatic heterocycles. The zero-order valence-electron chi connectivity index (χ0n) is 15.7. The molecule has 0 saturated heterocycles. The molecule has 0 atom stereocenters. The number of hydrogen-bond acceptors (Lipinski definition) is 4. The summed E-state index contributed by atoms with van der Waals surface area (Å²) in [7, 11) is 0. The second-order valence-electron chi connectivity index (χ2n) is 6.27. The summed E-state index contributed by atoms with van der Waals surface area (Å²) in [5.41, 5.74) is 4.16. The van der Waals surface area contributed by atoms with E-state index in [2.05, 4.69) is 22.4 Å². The van der Waals surface area contributed by atoms with Gasteiger partial charge in [-0.25, -0.2) is 4.98 Å². The molecule has 1 heterocycles. The molecule has 0 radical (unpaired) electrons. The molecule has 0 aliphatic heterocycles. The number of aryl methyl sites for hydroxylation is 1. The number of carbonyl (C=O) groups is 1. The maximum atomic E-state index is 12.7. The number of nitrogens with zero attached hydrogens (tertiary/aromatic N) is 1. The van der Waals surface area contributed by atoms with Crippen molar-refractivity contribution in [2.24, 2.45) is 0 Å². The molecule has 4 nitrogen and oxygen atoms in total. The topological polar surface area (TPSA) is 51.2 Å². The quantitative estimate of drug-likeness (QED) is 0.626. The Hall–Kier alpha value is -2.50. The van der Waals surface area contributed by atoms with Crippen LogP contribution >= 0.6 is 11.3 Å². The lowest BCUT2D eigenvalue weighted by molar-refractivity contribution is 0.0953. The summed E-state index contributed by atoms with van der Waals surface area (Å²) in [6.07, 6.45) is 0.747. The summed E-state index contributed by atoms with van der Waals surface area (Å²) in [6, 6.07) is 18.2. The van der Waals surface area contributed by atoms with E-state index in [-0.39, 0.29) is 5.91 Å². The normalized spacial score (nSPS) is 10.7. The highest BCUT2D eigenvalue weighted by Crippen LogP contribution is 2.21. The first-order chi connectivity index (χ1) is 13.2. The summed E-state index contributed by atoms with van der Waals surface area (Å²) < 4.78 is 5.51. The zero-order valence-corrected chi connectivity index (χ0v) is 16.5. The minimum absolute atomic E-state index is 0.0736. The molecule has 5 heteroatoms. The second kappa shape index (κ2) is 9.44. The number of amides is 1. The van der Waals surface area contributed by atoms with Crippen LogP contribution in [0.25, 0.3) is 0 Å². The highest BCUT2D eigenvalue weighted by molar-refractivity contribution is 7.13. The summed E-state index contributed by atoms with van der Waals surface area (Å²) in [6.45, 7) is 5.58. The van der Waals surface area contributed by atoms with E-state index in [1.165, 1.54) is 16.9 Å². The van der Waals surface area contributed by atoms with Gasteiger partial charge in [0.25, 0.3) is 5.91 Å². The molecule has 0 saturated carbocycles. The number of thiazole rings is 1. The minimum Gasteiger partial charge on any atom is -0.377 e. The van der Waals surface area contributed by atoms with Crippen LogP contribution in [0.1, 0.15) is 44.0 Å². The Bertz CT molecular complexity index is 890. The first kappa shape index (κ1) is 19.3. The van der Waals surface area contributed by atoms with Gasteiger partial charge in [0.15, 0.2) is 0 Å². The highest BCUT2D eigenvalue weighted by atomic mass is 32.1. The molecule has 0 fully saturated rings. The molecule has 0 unspecified atom stereocenters. The standard InChI is InChI=1S/C22H24N2O2S/c1-3-26-15-19-12-8-7-11-18(19)14-23-22(25)21-16(2)24-20(27-21)13-17-9-5-4-6-10-17/h4-12H,3,13-15H2,1-2H3,(H,23,25). The van der Waals surface area contributed by atoms with Gasteiger partial charge in [0, 0.05) is 19.6 Å². The van der Waals surface area contributed by atoms with Crippen LogP contribution in [0.15, 0.2) is 54.6 Å². The Kier molecular flexibility index (Phi) is 6.74. The Balaban J connectivity index is 1.65. The maximum Gasteiger partial charge on any atom is 0.263 e. The van der Waals surface area contributed by atoms with E-state index in [1.807, 2.05) is 56.3 Å².